The Hall–Kier alpha value is -2.53. The molecule has 0 bridgehead atoms. The van der Waals surface area contributed by atoms with E-state index in [2.05, 4.69) is 11.2 Å². The van der Waals surface area contributed by atoms with Gasteiger partial charge in [0.05, 0.1) is 11.8 Å². The minimum absolute atomic E-state index is 0.139. The molecule has 2 heterocycles. The number of halogens is 1. The minimum Gasteiger partial charge on any atom is -0.368 e. The van der Waals surface area contributed by atoms with Gasteiger partial charge in [-0.15, -0.1) is 0 Å². The molecule has 0 saturated carbocycles. The summed E-state index contributed by atoms with van der Waals surface area (Å²) >= 11 is 0. The highest BCUT2D eigenvalue weighted by molar-refractivity contribution is 6.03. The molecule has 134 valence electrons. The maximum Gasteiger partial charge on any atom is 0.272 e. The van der Waals surface area contributed by atoms with Crippen LogP contribution in [0.25, 0.3) is 0 Å². The number of ether oxygens (including phenoxy) is 1. The van der Waals surface area contributed by atoms with E-state index in [9.17, 15) is 9.18 Å². The Morgan fingerprint density at radius 3 is 2.81 bits per heavy atom. The number of rotatable bonds is 3. The molecular weight excluding hydrogens is 331 g/mol. The molecule has 26 heavy (non-hydrogen) atoms. The van der Waals surface area contributed by atoms with Crippen LogP contribution in [0.3, 0.4) is 0 Å². The molecule has 4 rings (SSSR count). The van der Waals surface area contributed by atoms with Gasteiger partial charge >= 0.3 is 0 Å². The minimum atomic E-state index is -0.452. The molecule has 0 aromatic heterocycles. The number of hydrogen-bond donors (Lipinski definition) is 0. The van der Waals surface area contributed by atoms with E-state index in [0.29, 0.717) is 19.4 Å². The second kappa shape index (κ2) is 7.00. The lowest BCUT2D eigenvalue weighted by Gasteiger charge is -2.24. The third-order valence-corrected chi connectivity index (χ3v) is 4.93. The van der Waals surface area contributed by atoms with Crippen LogP contribution in [-0.4, -0.2) is 29.3 Å². The van der Waals surface area contributed by atoms with E-state index in [0.717, 1.165) is 28.8 Å². The normalized spacial score (nSPS) is 22.5. The van der Waals surface area contributed by atoms with E-state index in [1.807, 2.05) is 31.2 Å². The highest BCUT2D eigenvalue weighted by Crippen LogP contribution is 2.34. The van der Waals surface area contributed by atoms with Crippen LogP contribution in [-0.2, 0) is 9.53 Å². The smallest absolute Gasteiger partial charge is 0.272 e. The third kappa shape index (κ3) is 3.27. The Morgan fingerprint density at radius 2 is 2.08 bits per heavy atom. The lowest BCUT2D eigenvalue weighted by atomic mass is 9.97. The summed E-state index contributed by atoms with van der Waals surface area (Å²) in [5, 5.41) is 6.13. The molecule has 4 nitrogen and oxygen atoms in total. The van der Waals surface area contributed by atoms with Gasteiger partial charge in [0.1, 0.15) is 11.9 Å². The fraction of sp³-hybridized carbons (Fsp3) is 0.333. The van der Waals surface area contributed by atoms with E-state index < -0.39 is 6.10 Å². The molecule has 2 aliphatic heterocycles. The third-order valence-electron chi connectivity index (χ3n) is 4.93. The number of carbonyl (C=O) groups is 1. The molecule has 1 fully saturated rings. The van der Waals surface area contributed by atoms with Crippen LogP contribution in [0.1, 0.15) is 42.0 Å². The predicted octanol–water partition coefficient (Wildman–Crippen LogP) is 3.99. The Bertz CT molecular complexity index is 859. The molecule has 0 spiro atoms. The van der Waals surface area contributed by atoms with E-state index >= 15 is 0 Å². The zero-order valence-electron chi connectivity index (χ0n) is 14.7. The Kier molecular flexibility index (Phi) is 4.55. The largest absolute Gasteiger partial charge is 0.368 e. The van der Waals surface area contributed by atoms with Crippen molar-refractivity contribution in [2.24, 2.45) is 5.10 Å². The topological polar surface area (TPSA) is 41.9 Å². The maximum absolute atomic E-state index is 13.8. The average Bonchev–Trinajstić information content (AvgIpc) is 3.31. The summed E-state index contributed by atoms with van der Waals surface area (Å²) in [6, 6.07) is 14.2. The number of hydrazone groups is 1. The highest BCUT2D eigenvalue weighted by Gasteiger charge is 2.38. The molecule has 2 atom stereocenters. The van der Waals surface area contributed by atoms with Crippen molar-refractivity contribution in [3.63, 3.8) is 0 Å². The van der Waals surface area contributed by atoms with E-state index in [-0.39, 0.29) is 17.8 Å². The van der Waals surface area contributed by atoms with Crippen molar-refractivity contribution in [3.05, 3.63) is 71.0 Å². The van der Waals surface area contributed by atoms with Gasteiger partial charge in [0.2, 0.25) is 0 Å². The fourth-order valence-corrected chi connectivity index (χ4v) is 3.61. The maximum atomic E-state index is 13.8. The molecule has 2 aromatic carbocycles. The number of benzene rings is 2. The van der Waals surface area contributed by atoms with Crippen LogP contribution < -0.4 is 0 Å². The van der Waals surface area contributed by atoms with Crippen molar-refractivity contribution in [2.45, 2.75) is 38.3 Å². The van der Waals surface area contributed by atoms with Gasteiger partial charge in [-0.1, -0.05) is 42.0 Å². The first-order chi connectivity index (χ1) is 12.6. The average molecular weight is 352 g/mol. The molecule has 2 aliphatic rings. The molecule has 1 amide bonds. The second-order valence-electron chi connectivity index (χ2n) is 6.88. The number of aryl methyl sites for hydroxylation is 1. The van der Waals surface area contributed by atoms with Crippen molar-refractivity contribution in [3.8, 4) is 0 Å². The zero-order valence-corrected chi connectivity index (χ0v) is 14.7. The molecule has 0 N–H and O–H groups in total. The molecule has 0 radical (unpaired) electrons. The summed E-state index contributed by atoms with van der Waals surface area (Å²) in [6.45, 7) is 2.63. The van der Waals surface area contributed by atoms with Crippen LogP contribution in [0.4, 0.5) is 4.39 Å². The highest BCUT2D eigenvalue weighted by atomic mass is 19.1. The lowest BCUT2D eigenvalue weighted by molar-refractivity contribution is -0.142. The monoisotopic (exact) mass is 352 g/mol. The van der Waals surface area contributed by atoms with Gasteiger partial charge in [0, 0.05) is 13.0 Å². The van der Waals surface area contributed by atoms with Crippen LogP contribution in [0.15, 0.2) is 53.6 Å². The number of carbonyl (C=O) groups excluding carboxylic acids is 1. The van der Waals surface area contributed by atoms with Gasteiger partial charge in [-0.3, -0.25) is 4.79 Å². The summed E-state index contributed by atoms with van der Waals surface area (Å²) in [5.41, 5.74) is 3.72. The van der Waals surface area contributed by atoms with Crippen LogP contribution >= 0.6 is 0 Å². The van der Waals surface area contributed by atoms with Crippen LogP contribution in [0, 0.1) is 12.7 Å². The summed E-state index contributed by atoms with van der Waals surface area (Å²) in [5.74, 6) is -0.449. The van der Waals surface area contributed by atoms with Gasteiger partial charge < -0.3 is 4.74 Å². The Labute approximate surface area is 152 Å². The van der Waals surface area contributed by atoms with Crippen molar-refractivity contribution in [1.82, 2.24) is 5.01 Å². The second-order valence-corrected chi connectivity index (χ2v) is 6.88. The van der Waals surface area contributed by atoms with Crippen molar-refractivity contribution < 1.29 is 13.9 Å². The quantitative estimate of drug-likeness (QED) is 0.838. The molecule has 1 saturated heterocycles. The van der Waals surface area contributed by atoms with E-state index in [1.165, 1.54) is 17.1 Å². The number of hydrogen-bond acceptors (Lipinski definition) is 3. The van der Waals surface area contributed by atoms with E-state index in [4.69, 9.17) is 4.74 Å². The summed E-state index contributed by atoms with van der Waals surface area (Å²) in [6.07, 6.45) is 1.70. The summed E-state index contributed by atoms with van der Waals surface area (Å²) < 4.78 is 19.3. The first-order valence-corrected chi connectivity index (χ1v) is 8.96. The number of nitrogens with zero attached hydrogens (tertiary/aromatic N) is 2. The predicted molar refractivity (Wildman–Crippen MR) is 97.3 cm³/mol. The van der Waals surface area contributed by atoms with Crippen molar-refractivity contribution in [1.29, 1.82) is 0 Å². The van der Waals surface area contributed by atoms with Crippen molar-refractivity contribution >= 4 is 11.6 Å². The Balaban J connectivity index is 1.69. The zero-order chi connectivity index (χ0) is 18.1. The van der Waals surface area contributed by atoms with Gasteiger partial charge in [-0.05, 0) is 43.0 Å². The summed E-state index contributed by atoms with van der Waals surface area (Å²) in [7, 11) is 0. The number of amides is 1. The van der Waals surface area contributed by atoms with Crippen LogP contribution in [0.5, 0.6) is 0 Å². The fourth-order valence-electron chi connectivity index (χ4n) is 3.61. The van der Waals surface area contributed by atoms with E-state index in [1.54, 1.807) is 6.07 Å². The molecular formula is C21H21FN2O2. The SMILES string of the molecule is Cc1cccc(C2=NN(C(=O)[C@@H]3CCCO3)[C@@H](c3cccc(F)c3)C2)c1. The first kappa shape index (κ1) is 16.9. The molecule has 0 unspecified atom stereocenters. The first-order valence-electron chi connectivity index (χ1n) is 8.96. The molecule has 5 heteroatoms. The van der Waals surface area contributed by atoms with Crippen LogP contribution in [0.2, 0.25) is 0 Å². The van der Waals surface area contributed by atoms with Gasteiger partial charge in [0.15, 0.2) is 0 Å². The molecule has 0 aliphatic carbocycles. The van der Waals surface area contributed by atoms with Crippen molar-refractivity contribution in [2.75, 3.05) is 6.61 Å². The standard InChI is InChI=1S/C21H21FN2O2/c1-14-5-2-6-15(11-14)18-13-19(16-7-3-8-17(22)12-16)24(23-18)21(25)20-9-4-10-26-20/h2-3,5-8,11-12,19-20H,4,9-10,13H2,1H3/t19-,20+/m1/s1. The van der Waals surface area contributed by atoms with Gasteiger partial charge in [-0.25, -0.2) is 9.40 Å². The van der Waals surface area contributed by atoms with Gasteiger partial charge in [-0.2, -0.15) is 5.10 Å². The van der Waals surface area contributed by atoms with Gasteiger partial charge in [0.25, 0.3) is 5.91 Å². The Morgan fingerprint density at radius 1 is 1.23 bits per heavy atom. The molecule has 2 aromatic rings. The summed E-state index contributed by atoms with van der Waals surface area (Å²) in [4.78, 5) is 13.0. The lowest BCUT2D eigenvalue weighted by Crippen LogP contribution is -2.35.